The van der Waals surface area contributed by atoms with Crippen LogP contribution in [0, 0.1) is 5.92 Å². The van der Waals surface area contributed by atoms with Gasteiger partial charge in [-0.25, -0.2) is 5.43 Å². The standard InChI is InChI=1S/C13H20ClN3O/c1-3-18-12-5-4-9(6-11(12)14)13-10(7-15)8(2)16-17-13/h4-6,8,10,13,16-17H,3,7,15H2,1-2H3. The van der Waals surface area contributed by atoms with Crippen molar-refractivity contribution in [1.82, 2.24) is 10.9 Å². The number of nitrogens with one attached hydrogen (secondary N) is 2. The average molecular weight is 270 g/mol. The van der Waals surface area contributed by atoms with E-state index in [1.165, 1.54) is 0 Å². The van der Waals surface area contributed by atoms with Crippen molar-refractivity contribution in [2.24, 2.45) is 11.7 Å². The van der Waals surface area contributed by atoms with Gasteiger partial charge in [-0.1, -0.05) is 17.7 Å². The second kappa shape index (κ2) is 5.89. The summed E-state index contributed by atoms with van der Waals surface area (Å²) >= 11 is 6.21. The van der Waals surface area contributed by atoms with Gasteiger partial charge in [-0.15, -0.1) is 0 Å². The molecule has 2 rings (SSSR count). The Balaban J connectivity index is 2.21. The van der Waals surface area contributed by atoms with Crippen LogP contribution in [-0.4, -0.2) is 19.2 Å². The summed E-state index contributed by atoms with van der Waals surface area (Å²) in [6, 6.07) is 6.45. The third kappa shape index (κ3) is 2.62. The minimum absolute atomic E-state index is 0.193. The topological polar surface area (TPSA) is 59.3 Å². The van der Waals surface area contributed by atoms with Crippen molar-refractivity contribution in [2.45, 2.75) is 25.9 Å². The third-order valence-electron chi connectivity index (χ3n) is 3.42. The first-order valence-corrected chi connectivity index (χ1v) is 6.68. The van der Waals surface area contributed by atoms with E-state index >= 15 is 0 Å². The molecule has 1 aromatic rings. The van der Waals surface area contributed by atoms with Gasteiger partial charge in [-0.2, -0.15) is 0 Å². The van der Waals surface area contributed by atoms with Crippen LogP contribution in [0.4, 0.5) is 0 Å². The summed E-state index contributed by atoms with van der Waals surface area (Å²) in [4.78, 5) is 0. The highest BCUT2D eigenvalue weighted by atomic mass is 35.5. The first-order valence-electron chi connectivity index (χ1n) is 6.30. The molecule has 0 bridgehead atoms. The molecular formula is C13H20ClN3O. The normalized spacial score (nSPS) is 27.4. The maximum Gasteiger partial charge on any atom is 0.137 e. The van der Waals surface area contributed by atoms with E-state index in [2.05, 4.69) is 17.8 Å². The number of hydrogen-bond acceptors (Lipinski definition) is 4. The summed E-state index contributed by atoms with van der Waals surface area (Å²) in [5, 5.41) is 0.645. The Morgan fingerprint density at radius 2 is 2.17 bits per heavy atom. The largest absolute Gasteiger partial charge is 0.492 e. The maximum absolute atomic E-state index is 6.21. The monoisotopic (exact) mass is 269 g/mol. The van der Waals surface area contributed by atoms with E-state index in [1.807, 2.05) is 25.1 Å². The van der Waals surface area contributed by atoms with E-state index in [4.69, 9.17) is 22.1 Å². The van der Waals surface area contributed by atoms with Crippen LogP contribution >= 0.6 is 11.6 Å². The zero-order valence-electron chi connectivity index (χ0n) is 10.7. The summed E-state index contributed by atoms with van der Waals surface area (Å²) in [7, 11) is 0. The van der Waals surface area contributed by atoms with Crippen molar-refractivity contribution in [1.29, 1.82) is 0 Å². The Bertz CT molecular complexity index is 413. The van der Waals surface area contributed by atoms with Gasteiger partial charge >= 0.3 is 0 Å². The average Bonchev–Trinajstić information content (AvgIpc) is 2.73. The predicted molar refractivity (Wildman–Crippen MR) is 73.6 cm³/mol. The summed E-state index contributed by atoms with van der Waals surface area (Å²) in [6.45, 7) is 5.32. The van der Waals surface area contributed by atoms with Gasteiger partial charge in [0.25, 0.3) is 0 Å². The third-order valence-corrected chi connectivity index (χ3v) is 3.72. The van der Waals surface area contributed by atoms with Gasteiger partial charge < -0.3 is 10.5 Å². The lowest BCUT2D eigenvalue weighted by molar-refractivity contribution is 0.340. The summed E-state index contributed by atoms with van der Waals surface area (Å²) in [6.07, 6.45) is 0. The molecule has 5 heteroatoms. The van der Waals surface area contributed by atoms with Crippen LogP contribution in [0.15, 0.2) is 18.2 Å². The van der Waals surface area contributed by atoms with Crippen LogP contribution in [0.5, 0.6) is 5.75 Å². The molecule has 1 saturated heterocycles. The van der Waals surface area contributed by atoms with E-state index in [1.54, 1.807) is 0 Å². The van der Waals surface area contributed by atoms with Crippen LogP contribution < -0.4 is 21.3 Å². The zero-order valence-corrected chi connectivity index (χ0v) is 11.5. The number of hydrogen-bond donors (Lipinski definition) is 3. The molecule has 100 valence electrons. The number of benzene rings is 1. The summed E-state index contributed by atoms with van der Waals surface area (Å²) in [5.41, 5.74) is 13.5. The van der Waals surface area contributed by atoms with Gasteiger partial charge in [0.05, 0.1) is 17.7 Å². The minimum Gasteiger partial charge on any atom is -0.492 e. The van der Waals surface area contributed by atoms with E-state index in [-0.39, 0.29) is 6.04 Å². The van der Waals surface area contributed by atoms with Gasteiger partial charge in [0.1, 0.15) is 5.75 Å². The summed E-state index contributed by atoms with van der Waals surface area (Å²) < 4.78 is 5.44. The first kappa shape index (κ1) is 13.6. The minimum atomic E-state index is 0.193. The van der Waals surface area contributed by atoms with Crippen molar-refractivity contribution in [3.8, 4) is 5.75 Å². The molecule has 0 spiro atoms. The molecule has 0 saturated carbocycles. The van der Waals surface area contributed by atoms with Crippen molar-refractivity contribution in [3.05, 3.63) is 28.8 Å². The zero-order chi connectivity index (χ0) is 13.1. The molecule has 1 aromatic carbocycles. The molecule has 0 amide bonds. The van der Waals surface area contributed by atoms with E-state index in [9.17, 15) is 0 Å². The van der Waals surface area contributed by atoms with Gasteiger partial charge in [-0.3, -0.25) is 5.43 Å². The molecule has 0 aliphatic carbocycles. The SMILES string of the molecule is CCOc1ccc(C2NNC(C)C2CN)cc1Cl. The van der Waals surface area contributed by atoms with Crippen LogP contribution in [0.2, 0.25) is 5.02 Å². The number of nitrogens with two attached hydrogens (primary N) is 1. The smallest absolute Gasteiger partial charge is 0.137 e. The van der Waals surface area contributed by atoms with Crippen molar-refractivity contribution >= 4 is 11.6 Å². The molecule has 0 radical (unpaired) electrons. The van der Waals surface area contributed by atoms with Crippen molar-refractivity contribution < 1.29 is 4.74 Å². The lowest BCUT2D eigenvalue weighted by Crippen LogP contribution is -2.30. The molecule has 1 fully saturated rings. The van der Waals surface area contributed by atoms with Crippen molar-refractivity contribution in [2.75, 3.05) is 13.2 Å². The number of halogens is 1. The Morgan fingerprint density at radius 1 is 1.39 bits per heavy atom. The fraction of sp³-hybridized carbons (Fsp3) is 0.538. The van der Waals surface area contributed by atoms with Gasteiger partial charge in [0, 0.05) is 12.0 Å². The molecule has 18 heavy (non-hydrogen) atoms. The van der Waals surface area contributed by atoms with Crippen LogP contribution in [-0.2, 0) is 0 Å². The lowest BCUT2D eigenvalue weighted by atomic mass is 9.90. The quantitative estimate of drug-likeness (QED) is 0.781. The lowest BCUT2D eigenvalue weighted by Gasteiger charge is -2.20. The van der Waals surface area contributed by atoms with Gasteiger partial charge in [0.15, 0.2) is 0 Å². The number of rotatable bonds is 4. The Labute approximate surface area is 113 Å². The molecule has 1 heterocycles. The Kier molecular flexibility index (Phi) is 4.45. The highest BCUT2D eigenvalue weighted by Crippen LogP contribution is 2.33. The van der Waals surface area contributed by atoms with Crippen LogP contribution in [0.1, 0.15) is 25.5 Å². The van der Waals surface area contributed by atoms with Gasteiger partial charge in [0.2, 0.25) is 0 Å². The highest BCUT2D eigenvalue weighted by molar-refractivity contribution is 6.32. The second-order valence-electron chi connectivity index (χ2n) is 4.58. The van der Waals surface area contributed by atoms with Crippen molar-refractivity contribution in [3.63, 3.8) is 0 Å². The molecular weight excluding hydrogens is 250 g/mol. The molecule has 3 atom stereocenters. The van der Waals surface area contributed by atoms with E-state index < -0.39 is 0 Å². The second-order valence-corrected chi connectivity index (χ2v) is 4.98. The molecule has 1 aliphatic heterocycles. The molecule has 4 nitrogen and oxygen atoms in total. The molecule has 4 N–H and O–H groups in total. The van der Waals surface area contributed by atoms with Gasteiger partial charge in [-0.05, 0) is 38.1 Å². The Morgan fingerprint density at radius 3 is 2.78 bits per heavy atom. The van der Waals surface area contributed by atoms with Crippen LogP contribution in [0.3, 0.4) is 0 Å². The van der Waals surface area contributed by atoms with E-state index in [0.717, 1.165) is 11.3 Å². The molecule has 1 aliphatic rings. The molecule has 3 unspecified atom stereocenters. The summed E-state index contributed by atoms with van der Waals surface area (Å²) in [5.74, 6) is 1.09. The maximum atomic E-state index is 6.21. The highest BCUT2D eigenvalue weighted by Gasteiger charge is 2.33. The van der Waals surface area contributed by atoms with Crippen LogP contribution in [0.25, 0.3) is 0 Å². The molecule has 0 aromatic heterocycles. The fourth-order valence-corrected chi connectivity index (χ4v) is 2.62. The van der Waals surface area contributed by atoms with E-state index in [0.29, 0.717) is 30.1 Å². The fourth-order valence-electron chi connectivity index (χ4n) is 2.38. The number of ether oxygens (including phenoxy) is 1. The Hall–Kier alpha value is -0.810. The number of hydrazine groups is 1. The predicted octanol–water partition coefficient (Wildman–Crippen LogP) is 1.85. The first-order chi connectivity index (χ1) is 8.67.